The number of fused-ring (bicyclic) bond motifs is 2. The molecule has 4 heteroatoms. The second-order valence-corrected chi connectivity index (χ2v) is 6.26. The fourth-order valence-electron chi connectivity index (χ4n) is 3.87. The Labute approximate surface area is 112 Å². The van der Waals surface area contributed by atoms with Gasteiger partial charge in [0.2, 0.25) is 0 Å². The summed E-state index contributed by atoms with van der Waals surface area (Å²) in [5.41, 5.74) is 4.85. The maximum Gasteiger partial charge on any atom is 0.133 e. The van der Waals surface area contributed by atoms with Gasteiger partial charge in [-0.05, 0) is 56.1 Å². The van der Waals surface area contributed by atoms with Crippen LogP contribution in [0.25, 0.3) is 0 Å². The smallest absolute Gasteiger partial charge is 0.133 e. The highest BCUT2D eigenvalue weighted by Crippen LogP contribution is 2.62. The second-order valence-electron chi connectivity index (χ2n) is 6.26. The molecule has 0 spiro atoms. The molecule has 0 saturated heterocycles. The van der Waals surface area contributed by atoms with Crippen molar-refractivity contribution in [3.05, 3.63) is 34.9 Å². The van der Waals surface area contributed by atoms with Gasteiger partial charge >= 0.3 is 0 Å². The number of alkyl halides is 1. The normalized spacial score (nSPS) is 34.8. The number of nitrogens with two attached hydrogens (primary N) is 1. The molecular weight excluding hydrogens is 251 g/mol. The molecule has 2 aliphatic carbocycles. The summed E-state index contributed by atoms with van der Waals surface area (Å²) in [6.45, 7) is 1.59. The maximum atomic E-state index is 14.2. The van der Waals surface area contributed by atoms with Crippen molar-refractivity contribution in [1.82, 2.24) is 0 Å². The van der Waals surface area contributed by atoms with Crippen LogP contribution in [0, 0.1) is 24.0 Å². The Balaban J connectivity index is 0.00000147. The molecule has 1 nitrogen and oxygen atoms in total. The third-order valence-corrected chi connectivity index (χ3v) is 5.10. The highest BCUT2D eigenvalue weighted by Gasteiger charge is 2.58. The van der Waals surface area contributed by atoms with Crippen molar-refractivity contribution in [3.8, 4) is 0 Å². The summed E-state index contributed by atoms with van der Waals surface area (Å²) in [5, 5.41) is 0. The molecule has 1 aromatic rings. The van der Waals surface area contributed by atoms with E-state index in [1.807, 2.05) is 0 Å². The lowest BCUT2D eigenvalue weighted by molar-refractivity contribution is 0.175. The lowest BCUT2D eigenvalue weighted by Crippen LogP contribution is -2.32. The summed E-state index contributed by atoms with van der Waals surface area (Å²) < 4.78 is 42.3. The van der Waals surface area contributed by atoms with E-state index in [4.69, 9.17) is 5.73 Å². The van der Waals surface area contributed by atoms with Crippen LogP contribution in [0.2, 0.25) is 0 Å². The Morgan fingerprint density at radius 1 is 1.21 bits per heavy atom. The highest BCUT2D eigenvalue weighted by molar-refractivity contribution is 5.32. The Hall–Kier alpha value is -1.03. The molecule has 1 aromatic carbocycles. The maximum absolute atomic E-state index is 14.2. The van der Waals surface area contributed by atoms with E-state index in [1.54, 1.807) is 6.92 Å². The molecule has 106 valence electrons. The average molecular weight is 271 g/mol. The lowest BCUT2D eigenvalue weighted by atomic mass is 9.74. The van der Waals surface area contributed by atoms with Gasteiger partial charge in [-0.3, -0.25) is 0 Å². The predicted molar refractivity (Wildman–Crippen MR) is 69.5 cm³/mol. The van der Waals surface area contributed by atoms with E-state index in [0.717, 1.165) is 0 Å². The van der Waals surface area contributed by atoms with Crippen molar-refractivity contribution in [1.29, 1.82) is 0 Å². The van der Waals surface area contributed by atoms with Crippen molar-refractivity contribution in [2.75, 3.05) is 0 Å². The van der Waals surface area contributed by atoms with Crippen molar-refractivity contribution in [2.24, 2.45) is 11.1 Å². The minimum absolute atomic E-state index is 0. The first-order chi connectivity index (χ1) is 8.87. The van der Waals surface area contributed by atoms with Crippen LogP contribution in [-0.4, -0.2) is 5.67 Å². The third-order valence-electron chi connectivity index (χ3n) is 5.10. The van der Waals surface area contributed by atoms with Crippen LogP contribution in [0.3, 0.4) is 0 Å². The van der Waals surface area contributed by atoms with E-state index >= 15 is 0 Å². The molecule has 2 aliphatic rings. The molecule has 0 unspecified atom stereocenters. The molecular formula is C15H20F3N. The minimum atomic E-state index is -1.16. The van der Waals surface area contributed by atoms with Gasteiger partial charge in [-0.15, -0.1) is 0 Å². The van der Waals surface area contributed by atoms with Crippen LogP contribution in [0.5, 0.6) is 0 Å². The largest absolute Gasteiger partial charge is 0.323 e. The first kappa shape index (κ1) is 13.0. The number of hydrogen-bond acceptors (Lipinski definition) is 1. The highest BCUT2D eigenvalue weighted by atomic mass is 19.1. The number of aryl methyl sites for hydroxylation is 1. The molecule has 0 aliphatic heterocycles. The summed E-state index contributed by atoms with van der Waals surface area (Å²) in [4.78, 5) is 0. The van der Waals surface area contributed by atoms with Gasteiger partial charge in [0.25, 0.3) is 0 Å². The van der Waals surface area contributed by atoms with Gasteiger partial charge in [0.05, 0.1) is 0 Å². The van der Waals surface area contributed by atoms with E-state index in [1.165, 1.54) is 12.1 Å². The van der Waals surface area contributed by atoms with Crippen LogP contribution in [-0.2, 0) is 0 Å². The Morgan fingerprint density at radius 3 is 2.37 bits per heavy atom. The average Bonchev–Trinajstić information content (AvgIpc) is 2.89. The molecule has 3 rings (SSSR count). The molecule has 0 amide bonds. The molecule has 0 radical (unpaired) electrons. The number of benzene rings is 1. The molecule has 0 heterocycles. The van der Waals surface area contributed by atoms with Crippen LogP contribution in [0.4, 0.5) is 13.2 Å². The van der Waals surface area contributed by atoms with Crippen LogP contribution < -0.4 is 5.73 Å². The summed E-state index contributed by atoms with van der Waals surface area (Å²) in [6, 6.07) is 1.89. The van der Waals surface area contributed by atoms with E-state index < -0.39 is 28.8 Å². The van der Waals surface area contributed by atoms with Crippen molar-refractivity contribution >= 4 is 0 Å². The first-order valence-corrected chi connectivity index (χ1v) is 6.76. The zero-order valence-electron chi connectivity index (χ0n) is 11.0. The molecule has 0 aromatic heterocycles. The topological polar surface area (TPSA) is 26.0 Å². The predicted octanol–water partition coefficient (Wildman–Crippen LogP) is 4.19. The monoisotopic (exact) mass is 271 g/mol. The van der Waals surface area contributed by atoms with Gasteiger partial charge in [-0.25, -0.2) is 13.2 Å². The van der Waals surface area contributed by atoms with E-state index in [9.17, 15) is 13.2 Å². The molecule has 2 bridgehead atoms. The molecule has 2 fully saturated rings. The fourth-order valence-corrected chi connectivity index (χ4v) is 3.87. The summed E-state index contributed by atoms with van der Waals surface area (Å²) in [5.74, 6) is -1.20. The van der Waals surface area contributed by atoms with Crippen LogP contribution in [0.1, 0.15) is 50.7 Å². The zero-order valence-corrected chi connectivity index (χ0v) is 11.0. The second kappa shape index (κ2) is 3.98. The van der Waals surface area contributed by atoms with Crippen LogP contribution in [0.15, 0.2) is 12.1 Å². The zero-order chi connectivity index (χ0) is 13.8. The van der Waals surface area contributed by atoms with E-state index in [0.29, 0.717) is 37.7 Å². The van der Waals surface area contributed by atoms with E-state index in [-0.39, 0.29) is 6.99 Å². The van der Waals surface area contributed by atoms with Gasteiger partial charge in [0, 0.05) is 13.0 Å². The fraction of sp³-hybridized carbons (Fsp3) is 0.600. The SMILES string of the molecule is Cc1ccc(F)c([C@@H](N)C23CCC(F)(CC2)C3)c1F.[HH]. The molecule has 2 saturated carbocycles. The first-order valence-electron chi connectivity index (χ1n) is 6.76. The summed E-state index contributed by atoms with van der Waals surface area (Å²) in [6.07, 6.45) is 2.52. The number of halogens is 3. The van der Waals surface area contributed by atoms with Crippen molar-refractivity contribution in [3.63, 3.8) is 0 Å². The number of rotatable bonds is 2. The third kappa shape index (κ3) is 1.80. The van der Waals surface area contributed by atoms with Crippen molar-refractivity contribution < 1.29 is 14.6 Å². The minimum Gasteiger partial charge on any atom is -0.323 e. The molecule has 19 heavy (non-hydrogen) atoms. The quantitative estimate of drug-likeness (QED) is 0.857. The van der Waals surface area contributed by atoms with Crippen LogP contribution >= 0.6 is 0 Å². The van der Waals surface area contributed by atoms with Gasteiger partial charge in [0.15, 0.2) is 0 Å². The van der Waals surface area contributed by atoms with Gasteiger partial charge in [-0.1, -0.05) is 6.07 Å². The van der Waals surface area contributed by atoms with E-state index in [2.05, 4.69) is 0 Å². The molecule has 1 atom stereocenters. The number of hydrogen-bond donors (Lipinski definition) is 1. The standard InChI is InChI=1S/C15H18F3N.H2/c1-9-2-3-10(16)11(12(9)17)13(19)14-4-6-15(18,8-14)7-5-14;/h2-3,13H,4-8,19H2,1H3;1H/t13-,14?,15?;/m1./s1. The lowest BCUT2D eigenvalue weighted by Gasteiger charge is -2.33. The van der Waals surface area contributed by atoms with Gasteiger partial charge in [0.1, 0.15) is 17.3 Å². The van der Waals surface area contributed by atoms with Gasteiger partial charge in [-0.2, -0.15) is 0 Å². The molecule has 2 N–H and O–H groups in total. The Bertz CT molecular complexity index is 524. The summed E-state index contributed by atoms with van der Waals surface area (Å²) in [7, 11) is 0. The Kier molecular flexibility index (Phi) is 2.72. The van der Waals surface area contributed by atoms with Gasteiger partial charge < -0.3 is 5.73 Å². The van der Waals surface area contributed by atoms with Crippen molar-refractivity contribution in [2.45, 2.75) is 50.7 Å². The Morgan fingerprint density at radius 2 is 1.84 bits per heavy atom. The summed E-state index contributed by atoms with van der Waals surface area (Å²) >= 11 is 0.